The molecule has 42 heavy (non-hydrogen) atoms. The van der Waals surface area contributed by atoms with Crippen molar-refractivity contribution in [1.82, 2.24) is 29.9 Å². The number of nitrogens with zero attached hydrogens (tertiary/aromatic N) is 5. The molecule has 3 aromatic heterocycles. The highest BCUT2D eigenvalue weighted by Gasteiger charge is 2.45. The zero-order valence-electron chi connectivity index (χ0n) is 22.9. The number of amides is 1. The first kappa shape index (κ1) is 27.6. The highest BCUT2D eigenvalue weighted by Crippen LogP contribution is 2.40. The number of carbonyl (C=O) groups is 2. The van der Waals surface area contributed by atoms with Crippen LogP contribution in [0, 0.1) is 12.7 Å². The molecule has 0 fully saturated rings. The van der Waals surface area contributed by atoms with E-state index >= 15 is 0 Å². The monoisotopic (exact) mass is 577 g/mol. The van der Waals surface area contributed by atoms with Crippen molar-refractivity contribution in [3.8, 4) is 11.4 Å². The Hall–Kier alpha value is -4.53. The van der Waals surface area contributed by atoms with Crippen LogP contribution in [-0.4, -0.2) is 54.8 Å². The summed E-state index contributed by atoms with van der Waals surface area (Å²) in [5, 5.41) is 22.7. The van der Waals surface area contributed by atoms with Crippen molar-refractivity contribution in [2.75, 3.05) is 13.3 Å². The number of rotatable bonds is 8. The summed E-state index contributed by atoms with van der Waals surface area (Å²) in [5.41, 5.74) is 7.05. The number of aliphatic hydroxyl groups is 1. The summed E-state index contributed by atoms with van der Waals surface area (Å²) in [5.74, 6) is -1.58. The Bertz CT molecular complexity index is 1830. The number of hydrogen-bond acceptors (Lipinski definition) is 10. The Kier molecular flexibility index (Phi) is 6.83. The van der Waals surface area contributed by atoms with Gasteiger partial charge in [-0.05, 0) is 36.6 Å². The van der Waals surface area contributed by atoms with Gasteiger partial charge in [0.05, 0.1) is 54.9 Å². The average molecular weight is 578 g/mol. The number of pyridine rings is 2. The van der Waals surface area contributed by atoms with Gasteiger partial charge in [-0.15, -0.1) is 5.10 Å². The molecule has 6 rings (SSSR count). The van der Waals surface area contributed by atoms with Crippen LogP contribution in [0.3, 0.4) is 0 Å². The van der Waals surface area contributed by atoms with Crippen LogP contribution in [0.2, 0.25) is 0 Å². The van der Waals surface area contributed by atoms with Crippen LogP contribution in [0.4, 0.5) is 4.39 Å². The van der Waals surface area contributed by atoms with Crippen LogP contribution in [0.15, 0.2) is 29.2 Å². The average Bonchev–Trinajstić information content (AvgIpc) is 3.58. The van der Waals surface area contributed by atoms with Crippen molar-refractivity contribution in [2.24, 2.45) is 5.73 Å². The second-order valence-electron chi connectivity index (χ2n) is 10.3. The number of fused-ring (bicyclic) bond motifs is 5. The van der Waals surface area contributed by atoms with E-state index in [0.717, 1.165) is 11.1 Å². The minimum absolute atomic E-state index is 0.0210. The minimum atomic E-state index is -1.96. The van der Waals surface area contributed by atoms with Gasteiger partial charge in [-0.3, -0.25) is 9.59 Å². The fraction of sp³-hybridized carbons (Fsp3) is 0.357. The molecule has 13 nitrogen and oxygen atoms in total. The molecule has 0 bridgehead atoms. The first-order valence-electron chi connectivity index (χ1n) is 13.4. The van der Waals surface area contributed by atoms with Crippen LogP contribution in [0.5, 0.6) is 0 Å². The van der Waals surface area contributed by atoms with Gasteiger partial charge in [0, 0.05) is 22.6 Å². The molecule has 2 aliphatic heterocycles. The normalized spacial score (nSPS) is 17.1. The molecule has 4 aromatic rings. The van der Waals surface area contributed by atoms with Gasteiger partial charge in [0.15, 0.2) is 5.60 Å². The number of aromatic nitrogens is 5. The molecule has 2 aliphatic rings. The summed E-state index contributed by atoms with van der Waals surface area (Å²) in [6.45, 7) is 3.39. The molecule has 1 aromatic carbocycles. The molecule has 5 heterocycles. The zero-order chi connectivity index (χ0) is 29.8. The van der Waals surface area contributed by atoms with Crippen molar-refractivity contribution in [3.05, 3.63) is 74.1 Å². The molecule has 4 N–H and O–H groups in total. The number of cyclic esters (lactones) is 1. The molecule has 0 unspecified atom stereocenters. The Morgan fingerprint density at radius 2 is 2.10 bits per heavy atom. The van der Waals surface area contributed by atoms with Gasteiger partial charge >= 0.3 is 5.97 Å². The first-order chi connectivity index (χ1) is 20.1. The molecule has 0 saturated carbocycles. The Labute approximate surface area is 238 Å². The smallest absolute Gasteiger partial charge is 0.343 e. The van der Waals surface area contributed by atoms with Crippen molar-refractivity contribution in [2.45, 2.75) is 52.2 Å². The van der Waals surface area contributed by atoms with Crippen LogP contribution in [-0.2, 0) is 51.0 Å². The maximum Gasteiger partial charge on any atom is 0.343 e. The SMILES string of the molecule is CC[C@@]1(O)C(=O)OCc2c1cc1n(c2=O)Cc2c-1nc1cc(F)c(C)cc1c2Cn1cc(COCNC(=O)CN)nn1. The van der Waals surface area contributed by atoms with E-state index < -0.39 is 17.4 Å². The topological polar surface area (TPSA) is 176 Å². The summed E-state index contributed by atoms with van der Waals surface area (Å²) in [6, 6.07) is 4.69. The third kappa shape index (κ3) is 4.44. The van der Waals surface area contributed by atoms with E-state index in [-0.39, 0.29) is 68.6 Å². The van der Waals surface area contributed by atoms with E-state index in [9.17, 15) is 23.9 Å². The van der Waals surface area contributed by atoms with E-state index in [2.05, 4.69) is 15.6 Å². The van der Waals surface area contributed by atoms with Crippen LogP contribution in [0.25, 0.3) is 22.3 Å². The highest BCUT2D eigenvalue weighted by molar-refractivity contribution is 5.89. The lowest BCUT2D eigenvalue weighted by atomic mass is 9.86. The van der Waals surface area contributed by atoms with Gasteiger partial charge in [-0.2, -0.15) is 0 Å². The molecular formula is C28H28FN7O6. The lowest BCUT2D eigenvalue weighted by Crippen LogP contribution is -2.44. The third-order valence-corrected chi connectivity index (χ3v) is 7.80. The summed E-state index contributed by atoms with van der Waals surface area (Å²) in [7, 11) is 0. The molecule has 1 atom stereocenters. The first-order valence-corrected chi connectivity index (χ1v) is 13.4. The number of benzene rings is 1. The summed E-state index contributed by atoms with van der Waals surface area (Å²) in [6.07, 6.45) is 1.71. The number of nitrogens with two attached hydrogens (primary N) is 1. The second kappa shape index (κ2) is 10.4. The van der Waals surface area contributed by atoms with Crippen LogP contribution in [0.1, 0.15) is 46.9 Å². The Balaban J connectivity index is 1.42. The lowest BCUT2D eigenvalue weighted by molar-refractivity contribution is -0.172. The van der Waals surface area contributed by atoms with Crippen molar-refractivity contribution in [3.63, 3.8) is 0 Å². The van der Waals surface area contributed by atoms with Gasteiger partial charge in [0.2, 0.25) is 5.91 Å². The van der Waals surface area contributed by atoms with Gasteiger partial charge in [-0.1, -0.05) is 12.1 Å². The predicted molar refractivity (Wildman–Crippen MR) is 145 cm³/mol. The molecule has 1 amide bonds. The number of carbonyl (C=O) groups excluding carboxylic acids is 2. The molecule has 218 valence electrons. The van der Waals surface area contributed by atoms with Gasteiger partial charge in [0.1, 0.15) is 24.8 Å². The largest absolute Gasteiger partial charge is 0.458 e. The molecule has 0 saturated heterocycles. The van der Waals surface area contributed by atoms with Crippen molar-refractivity contribution < 1.29 is 28.6 Å². The molecule has 0 radical (unpaired) electrons. The summed E-state index contributed by atoms with van der Waals surface area (Å²) in [4.78, 5) is 42.2. The number of halogens is 1. The Morgan fingerprint density at radius 1 is 1.29 bits per heavy atom. The molecule has 0 aliphatic carbocycles. The van der Waals surface area contributed by atoms with Crippen LogP contribution >= 0.6 is 0 Å². The lowest BCUT2D eigenvalue weighted by Gasteiger charge is -2.31. The fourth-order valence-electron chi connectivity index (χ4n) is 5.48. The predicted octanol–water partition coefficient (Wildman–Crippen LogP) is 0.716. The van der Waals surface area contributed by atoms with Gasteiger partial charge < -0.3 is 30.2 Å². The molecule has 14 heteroatoms. The van der Waals surface area contributed by atoms with E-state index in [1.165, 1.54) is 10.6 Å². The number of ether oxygens (including phenoxy) is 2. The highest BCUT2D eigenvalue weighted by atomic mass is 19.1. The minimum Gasteiger partial charge on any atom is -0.458 e. The van der Waals surface area contributed by atoms with Gasteiger partial charge in [0.25, 0.3) is 5.56 Å². The maximum atomic E-state index is 14.7. The van der Waals surface area contributed by atoms with E-state index in [1.54, 1.807) is 36.9 Å². The number of nitrogens with one attached hydrogen (secondary N) is 1. The zero-order valence-corrected chi connectivity index (χ0v) is 22.9. The van der Waals surface area contributed by atoms with E-state index in [4.69, 9.17) is 20.2 Å². The molecule has 0 spiro atoms. The van der Waals surface area contributed by atoms with Gasteiger partial charge in [-0.25, -0.2) is 18.9 Å². The fourth-order valence-corrected chi connectivity index (χ4v) is 5.48. The quantitative estimate of drug-likeness (QED) is 0.135. The number of esters is 1. The third-order valence-electron chi connectivity index (χ3n) is 7.80. The summed E-state index contributed by atoms with van der Waals surface area (Å²) < 4.78 is 28.4. The number of aryl methyl sites for hydroxylation is 1. The maximum absolute atomic E-state index is 14.7. The molecular weight excluding hydrogens is 549 g/mol. The number of hydrogen-bond donors (Lipinski definition) is 3. The second-order valence-corrected chi connectivity index (χ2v) is 10.3. The van der Waals surface area contributed by atoms with Crippen molar-refractivity contribution in [1.29, 1.82) is 0 Å². The van der Waals surface area contributed by atoms with Crippen LogP contribution < -0.4 is 16.6 Å². The van der Waals surface area contributed by atoms with E-state index in [1.807, 2.05) is 0 Å². The standard InChI is InChI=1S/C28H28FN7O6/c1-3-28(40)20-5-23-25-18(10-36(23)26(38)19(20)12-42-27(28)39)17(16-4-14(2)21(29)6-22(16)32-25)9-35-8-15(33-34-35)11-41-13-31-24(37)7-30/h4-6,8,40H,3,7,9-13,30H2,1-2H3,(H,31,37)/t28-/m0/s1. The van der Waals surface area contributed by atoms with E-state index in [0.29, 0.717) is 33.5 Å². The van der Waals surface area contributed by atoms with Crippen molar-refractivity contribution >= 4 is 22.8 Å². The Morgan fingerprint density at radius 3 is 2.86 bits per heavy atom. The summed E-state index contributed by atoms with van der Waals surface area (Å²) >= 11 is 0.